The van der Waals surface area contributed by atoms with E-state index in [0.29, 0.717) is 24.5 Å². The van der Waals surface area contributed by atoms with Crippen LogP contribution in [0.1, 0.15) is 22.3 Å². The quantitative estimate of drug-likeness (QED) is 0.784. The van der Waals surface area contributed by atoms with Crippen LogP contribution in [0.3, 0.4) is 0 Å². The molecule has 4 rings (SSSR count). The van der Waals surface area contributed by atoms with Gasteiger partial charge in [0.2, 0.25) is 5.88 Å². The summed E-state index contributed by atoms with van der Waals surface area (Å²) in [7, 11) is 1.51. The molecule has 1 N–H and O–H groups in total. The highest BCUT2D eigenvalue weighted by Gasteiger charge is 2.23. The number of carbonyl (C=O) groups excluding carboxylic acids is 1. The van der Waals surface area contributed by atoms with E-state index >= 15 is 0 Å². The number of fused-ring (bicyclic) bond motifs is 1. The Labute approximate surface area is 150 Å². The van der Waals surface area contributed by atoms with Crippen LogP contribution in [-0.4, -0.2) is 41.0 Å². The second kappa shape index (κ2) is 6.63. The number of H-pyrrole nitrogens is 1. The summed E-state index contributed by atoms with van der Waals surface area (Å²) in [5.74, 6) is -0.0112. The maximum atomic E-state index is 13.4. The van der Waals surface area contributed by atoms with Crippen LogP contribution in [0.4, 0.5) is 4.39 Å². The summed E-state index contributed by atoms with van der Waals surface area (Å²) in [4.78, 5) is 21.7. The first-order chi connectivity index (χ1) is 12.7. The highest BCUT2D eigenvalue weighted by atomic mass is 19.1. The molecule has 132 valence electrons. The Morgan fingerprint density at radius 1 is 1.35 bits per heavy atom. The van der Waals surface area contributed by atoms with E-state index in [9.17, 15) is 9.18 Å². The Balaban J connectivity index is 1.57. The minimum Gasteiger partial charge on any atom is -0.480 e. The SMILES string of the molecule is COc1ncccc1C(=O)N1CC=C(c2c[nH]c3cc(F)ccc23)CC1. The summed E-state index contributed by atoms with van der Waals surface area (Å²) >= 11 is 0. The average molecular weight is 351 g/mol. The predicted molar refractivity (Wildman–Crippen MR) is 97.5 cm³/mol. The van der Waals surface area contributed by atoms with Crippen LogP contribution in [0.5, 0.6) is 5.88 Å². The van der Waals surface area contributed by atoms with Crippen molar-refractivity contribution in [3.05, 3.63) is 65.7 Å². The fourth-order valence-electron chi connectivity index (χ4n) is 3.35. The van der Waals surface area contributed by atoms with Gasteiger partial charge in [-0.05, 0) is 42.3 Å². The van der Waals surface area contributed by atoms with Crippen LogP contribution in [0, 0.1) is 5.82 Å². The van der Waals surface area contributed by atoms with Crippen molar-refractivity contribution in [3.8, 4) is 5.88 Å². The Kier molecular flexibility index (Phi) is 4.16. The molecule has 0 saturated carbocycles. The number of ether oxygens (including phenoxy) is 1. The first-order valence-corrected chi connectivity index (χ1v) is 8.41. The summed E-state index contributed by atoms with van der Waals surface area (Å²) in [6.07, 6.45) is 6.29. The number of rotatable bonds is 3. The van der Waals surface area contributed by atoms with Crippen LogP contribution in [0.2, 0.25) is 0 Å². The van der Waals surface area contributed by atoms with Gasteiger partial charge in [0, 0.05) is 41.9 Å². The fraction of sp³-hybridized carbons (Fsp3) is 0.200. The lowest BCUT2D eigenvalue weighted by atomic mass is 9.98. The van der Waals surface area contributed by atoms with E-state index in [-0.39, 0.29) is 11.7 Å². The van der Waals surface area contributed by atoms with E-state index in [1.165, 1.54) is 19.2 Å². The summed E-state index contributed by atoms with van der Waals surface area (Å²) in [5, 5.41) is 0.992. The molecule has 2 aromatic heterocycles. The largest absolute Gasteiger partial charge is 0.480 e. The number of halogens is 1. The molecular formula is C20H18FN3O2. The monoisotopic (exact) mass is 351 g/mol. The van der Waals surface area contributed by atoms with E-state index in [2.05, 4.69) is 16.0 Å². The van der Waals surface area contributed by atoms with Crippen LogP contribution < -0.4 is 4.74 Å². The maximum absolute atomic E-state index is 13.4. The number of carbonyl (C=O) groups is 1. The number of nitrogens with zero attached hydrogens (tertiary/aromatic N) is 2. The number of aromatic nitrogens is 2. The van der Waals surface area contributed by atoms with Gasteiger partial charge in [-0.15, -0.1) is 0 Å². The lowest BCUT2D eigenvalue weighted by Gasteiger charge is -2.27. The van der Waals surface area contributed by atoms with Crippen LogP contribution in [0.25, 0.3) is 16.5 Å². The molecule has 0 spiro atoms. The standard InChI is InChI=1S/C20H18FN3O2/c1-26-19-16(3-2-8-22-19)20(25)24-9-6-13(7-10-24)17-12-23-18-11-14(21)4-5-15(17)18/h2-6,8,11-12,23H,7,9-10H2,1H3. The van der Waals surface area contributed by atoms with Gasteiger partial charge in [0.05, 0.1) is 7.11 Å². The number of methoxy groups -OCH3 is 1. The zero-order valence-electron chi connectivity index (χ0n) is 14.3. The maximum Gasteiger partial charge on any atom is 0.259 e. The molecule has 5 nitrogen and oxygen atoms in total. The minimum absolute atomic E-state index is 0.0914. The molecule has 0 radical (unpaired) electrons. The molecular weight excluding hydrogens is 333 g/mol. The van der Waals surface area contributed by atoms with Crippen LogP contribution >= 0.6 is 0 Å². The van der Waals surface area contributed by atoms with Crippen molar-refractivity contribution >= 4 is 22.4 Å². The van der Waals surface area contributed by atoms with Crippen molar-refractivity contribution in [2.75, 3.05) is 20.2 Å². The van der Waals surface area contributed by atoms with Gasteiger partial charge >= 0.3 is 0 Å². The normalized spacial score (nSPS) is 14.4. The smallest absolute Gasteiger partial charge is 0.259 e. The zero-order valence-corrected chi connectivity index (χ0v) is 14.3. The van der Waals surface area contributed by atoms with Crippen LogP contribution in [-0.2, 0) is 0 Å². The first kappa shape index (κ1) is 16.3. The number of hydrogen-bond acceptors (Lipinski definition) is 3. The number of benzene rings is 1. The number of amides is 1. The van der Waals surface area contributed by atoms with Gasteiger partial charge < -0.3 is 14.6 Å². The number of nitrogens with one attached hydrogen (secondary N) is 1. The molecule has 0 unspecified atom stereocenters. The van der Waals surface area contributed by atoms with E-state index in [1.807, 2.05) is 6.20 Å². The third kappa shape index (κ3) is 2.83. The molecule has 6 heteroatoms. The average Bonchev–Trinajstić information content (AvgIpc) is 3.10. The van der Waals surface area contributed by atoms with Gasteiger partial charge in [-0.1, -0.05) is 6.08 Å². The summed E-state index contributed by atoms with van der Waals surface area (Å²) in [6, 6.07) is 8.20. The zero-order chi connectivity index (χ0) is 18.1. The molecule has 0 aliphatic carbocycles. The van der Waals surface area contributed by atoms with Gasteiger partial charge in [0.25, 0.3) is 5.91 Å². The lowest BCUT2D eigenvalue weighted by molar-refractivity contribution is 0.0768. The molecule has 3 heterocycles. The molecule has 1 aliphatic rings. The summed E-state index contributed by atoms with van der Waals surface area (Å²) < 4.78 is 18.5. The van der Waals surface area contributed by atoms with Crippen molar-refractivity contribution in [3.63, 3.8) is 0 Å². The third-order valence-corrected chi connectivity index (χ3v) is 4.68. The molecule has 0 saturated heterocycles. The van der Waals surface area contributed by atoms with Gasteiger partial charge in [-0.2, -0.15) is 0 Å². The van der Waals surface area contributed by atoms with E-state index in [4.69, 9.17) is 4.74 Å². The second-order valence-electron chi connectivity index (χ2n) is 6.18. The number of pyridine rings is 1. The van der Waals surface area contributed by atoms with Crippen molar-refractivity contribution in [1.82, 2.24) is 14.9 Å². The highest BCUT2D eigenvalue weighted by Crippen LogP contribution is 2.30. The fourth-order valence-corrected chi connectivity index (χ4v) is 3.35. The van der Waals surface area contributed by atoms with Crippen molar-refractivity contribution in [2.45, 2.75) is 6.42 Å². The topological polar surface area (TPSA) is 58.2 Å². The molecule has 0 atom stereocenters. The lowest BCUT2D eigenvalue weighted by Crippen LogP contribution is -2.35. The van der Waals surface area contributed by atoms with Gasteiger partial charge in [-0.3, -0.25) is 4.79 Å². The Hall–Kier alpha value is -3.15. The molecule has 1 amide bonds. The summed E-state index contributed by atoms with van der Waals surface area (Å²) in [5.41, 5.74) is 3.46. The van der Waals surface area contributed by atoms with Crippen molar-refractivity contribution < 1.29 is 13.9 Å². The Morgan fingerprint density at radius 2 is 2.23 bits per heavy atom. The predicted octanol–water partition coefficient (Wildman–Crippen LogP) is 3.64. The Bertz CT molecular complexity index is 1010. The second-order valence-corrected chi connectivity index (χ2v) is 6.18. The minimum atomic E-state index is -0.259. The third-order valence-electron chi connectivity index (χ3n) is 4.68. The van der Waals surface area contributed by atoms with Gasteiger partial charge in [0.15, 0.2) is 0 Å². The molecule has 1 aromatic carbocycles. The molecule has 1 aliphatic heterocycles. The van der Waals surface area contributed by atoms with E-state index < -0.39 is 0 Å². The molecule has 26 heavy (non-hydrogen) atoms. The van der Waals surface area contributed by atoms with Crippen LogP contribution in [0.15, 0.2) is 48.8 Å². The van der Waals surface area contributed by atoms with Crippen molar-refractivity contribution in [2.24, 2.45) is 0 Å². The Morgan fingerprint density at radius 3 is 3.00 bits per heavy atom. The van der Waals surface area contributed by atoms with E-state index in [0.717, 1.165) is 28.5 Å². The van der Waals surface area contributed by atoms with Crippen molar-refractivity contribution in [1.29, 1.82) is 0 Å². The summed E-state index contributed by atoms with van der Waals surface area (Å²) in [6.45, 7) is 1.12. The highest BCUT2D eigenvalue weighted by molar-refractivity contribution is 5.97. The van der Waals surface area contributed by atoms with Gasteiger partial charge in [-0.25, -0.2) is 9.37 Å². The molecule has 3 aromatic rings. The molecule has 0 bridgehead atoms. The first-order valence-electron chi connectivity index (χ1n) is 8.41. The number of hydrogen-bond donors (Lipinski definition) is 1. The number of aromatic amines is 1. The van der Waals surface area contributed by atoms with E-state index in [1.54, 1.807) is 29.3 Å². The molecule has 0 fully saturated rings. The van der Waals surface area contributed by atoms with Gasteiger partial charge in [0.1, 0.15) is 11.4 Å².